The molecule has 0 atom stereocenters. The number of hydrogen-bond acceptors (Lipinski definition) is 5. The van der Waals surface area contributed by atoms with Gasteiger partial charge in [0.1, 0.15) is 0 Å². The van der Waals surface area contributed by atoms with E-state index in [9.17, 15) is 0 Å². The van der Waals surface area contributed by atoms with Crippen molar-refractivity contribution < 1.29 is 4.74 Å². The summed E-state index contributed by atoms with van der Waals surface area (Å²) in [7, 11) is 0. The van der Waals surface area contributed by atoms with Gasteiger partial charge >= 0.3 is 0 Å². The van der Waals surface area contributed by atoms with Crippen LogP contribution in [0.25, 0.3) is 11.3 Å². The quantitative estimate of drug-likeness (QED) is 0.307. The maximum Gasteiger partial charge on any atom is 0.203 e. The van der Waals surface area contributed by atoms with E-state index in [0.717, 1.165) is 16.8 Å². The molecule has 29 heavy (non-hydrogen) atoms. The summed E-state index contributed by atoms with van der Waals surface area (Å²) in [5.74, 6) is 0.893. The van der Waals surface area contributed by atoms with Gasteiger partial charge in [-0.1, -0.05) is 49.2 Å². The van der Waals surface area contributed by atoms with Gasteiger partial charge in [-0.15, -0.1) is 11.3 Å². The van der Waals surface area contributed by atoms with Crippen molar-refractivity contribution >= 4 is 45.9 Å². The van der Waals surface area contributed by atoms with Crippen molar-refractivity contribution in [3.63, 3.8) is 0 Å². The first-order valence-electron chi connectivity index (χ1n) is 9.27. The fourth-order valence-corrected chi connectivity index (χ4v) is 3.84. The first-order chi connectivity index (χ1) is 13.8. The predicted molar refractivity (Wildman–Crippen MR) is 125 cm³/mol. The largest absolute Gasteiger partial charge is 0.490 e. The number of nitrogens with zero attached hydrogens (tertiary/aromatic N) is 2. The van der Waals surface area contributed by atoms with Crippen molar-refractivity contribution in [2.45, 2.75) is 27.7 Å². The molecule has 0 bridgehead atoms. The molecule has 0 aliphatic heterocycles. The van der Waals surface area contributed by atoms with E-state index in [1.165, 1.54) is 22.5 Å². The lowest BCUT2D eigenvalue weighted by Gasteiger charge is -2.12. The second-order valence-corrected chi connectivity index (χ2v) is 8.90. The highest BCUT2D eigenvalue weighted by Gasteiger charge is 2.10. The van der Waals surface area contributed by atoms with Crippen LogP contribution in [0.3, 0.4) is 0 Å². The third-order valence-corrected chi connectivity index (χ3v) is 5.57. The molecule has 7 heteroatoms. The van der Waals surface area contributed by atoms with Crippen LogP contribution in [0.4, 0.5) is 5.13 Å². The SMILES string of the molecule is Cc1ccc(-c2csc(N/N=C\c3cc(Cl)c(OCC(C)C)c(Cl)c3)n2)cc1C. The van der Waals surface area contributed by atoms with Crippen molar-refractivity contribution in [1.29, 1.82) is 0 Å². The van der Waals surface area contributed by atoms with E-state index < -0.39 is 0 Å². The summed E-state index contributed by atoms with van der Waals surface area (Å²) >= 11 is 14.1. The number of rotatable bonds is 7. The number of thiazole rings is 1. The smallest absolute Gasteiger partial charge is 0.203 e. The van der Waals surface area contributed by atoms with Gasteiger partial charge in [0.25, 0.3) is 0 Å². The van der Waals surface area contributed by atoms with Crippen LogP contribution in [-0.4, -0.2) is 17.8 Å². The third kappa shape index (κ3) is 5.72. The summed E-state index contributed by atoms with van der Waals surface area (Å²) < 4.78 is 5.69. The highest BCUT2D eigenvalue weighted by Crippen LogP contribution is 2.34. The van der Waals surface area contributed by atoms with Crippen LogP contribution in [0, 0.1) is 19.8 Å². The van der Waals surface area contributed by atoms with Gasteiger partial charge in [-0.25, -0.2) is 4.98 Å². The van der Waals surface area contributed by atoms with Gasteiger partial charge in [0.05, 0.1) is 28.6 Å². The van der Waals surface area contributed by atoms with Crippen LogP contribution >= 0.6 is 34.5 Å². The molecule has 0 radical (unpaired) electrons. The number of anilines is 1. The lowest BCUT2D eigenvalue weighted by Crippen LogP contribution is -2.05. The minimum atomic E-state index is 0.389. The Morgan fingerprint density at radius 3 is 2.52 bits per heavy atom. The van der Waals surface area contributed by atoms with Crippen LogP contribution < -0.4 is 10.2 Å². The van der Waals surface area contributed by atoms with E-state index in [-0.39, 0.29) is 0 Å². The number of nitrogens with one attached hydrogen (secondary N) is 1. The molecular weight excluding hydrogens is 425 g/mol. The van der Waals surface area contributed by atoms with Crippen molar-refractivity contribution in [2.24, 2.45) is 11.0 Å². The van der Waals surface area contributed by atoms with E-state index in [0.29, 0.717) is 33.5 Å². The van der Waals surface area contributed by atoms with Crippen LogP contribution in [0.2, 0.25) is 10.0 Å². The van der Waals surface area contributed by atoms with E-state index >= 15 is 0 Å². The monoisotopic (exact) mass is 447 g/mol. The zero-order valence-electron chi connectivity index (χ0n) is 16.8. The number of aryl methyl sites for hydroxylation is 2. The molecule has 0 aliphatic rings. The first-order valence-corrected chi connectivity index (χ1v) is 10.9. The van der Waals surface area contributed by atoms with Gasteiger partial charge in [-0.2, -0.15) is 5.10 Å². The summed E-state index contributed by atoms with van der Waals surface area (Å²) in [5, 5.41) is 7.90. The summed E-state index contributed by atoms with van der Waals surface area (Å²) in [4.78, 5) is 4.59. The maximum absolute atomic E-state index is 6.31. The van der Waals surface area contributed by atoms with Gasteiger partial charge in [0, 0.05) is 10.9 Å². The summed E-state index contributed by atoms with van der Waals surface area (Å²) in [6.45, 7) is 8.89. The minimum Gasteiger partial charge on any atom is -0.490 e. The predicted octanol–water partition coefficient (Wildman–Crippen LogP) is 7.21. The lowest BCUT2D eigenvalue weighted by atomic mass is 10.1. The van der Waals surface area contributed by atoms with Crippen molar-refractivity contribution in [3.8, 4) is 17.0 Å². The van der Waals surface area contributed by atoms with Gasteiger partial charge in [0.15, 0.2) is 5.75 Å². The number of hydrogen-bond donors (Lipinski definition) is 1. The van der Waals surface area contributed by atoms with Crippen molar-refractivity contribution in [1.82, 2.24) is 4.98 Å². The third-order valence-electron chi connectivity index (χ3n) is 4.26. The fraction of sp³-hybridized carbons (Fsp3) is 0.273. The Labute approximate surface area is 185 Å². The highest BCUT2D eigenvalue weighted by molar-refractivity contribution is 7.14. The second kappa shape index (κ2) is 9.61. The molecule has 0 saturated heterocycles. The van der Waals surface area contributed by atoms with Gasteiger partial charge in [-0.05, 0) is 54.7 Å². The van der Waals surface area contributed by atoms with Crippen LogP contribution in [-0.2, 0) is 0 Å². The molecule has 0 aliphatic carbocycles. The Hall–Kier alpha value is -2.08. The Morgan fingerprint density at radius 1 is 1.14 bits per heavy atom. The summed E-state index contributed by atoms with van der Waals surface area (Å²) in [6.07, 6.45) is 1.65. The van der Waals surface area contributed by atoms with Crippen molar-refractivity contribution in [2.75, 3.05) is 12.0 Å². The van der Waals surface area contributed by atoms with E-state index in [1.807, 2.05) is 5.38 Å². The number of ether oxygens (including phenoxy) is 1. The number of hydrazone groups is 1. The topological polar surface area (TPSA) is 46.5 Å². The molecule has 0 amide bonds. The molecule has 2 aromatic carbocycles. The minimum absolute atomic E-state index is 0.389. The Bertz CT molecular complexity index is 1010. The zero-order chi connectivity index (χ0) is 21.0. The van der Waals surface area contributed by atoms with E-state index in [4.69, 9.17) is 27.9 Å². The molecule has 152 valence electrons. The average Bonchev–Trinajstić information content (AvgIpc) is 3.12. The lowest BCUT2D eigenvalue weighted by molar-refractivity contribution is 0.271. The molecule has 1 aromatic heterocycles. The maximum atomic E-state index is 6.31. The molecule has 3 rings (SSSR count). The number of benzene rings is 2. The molecule has 0 spiro atoms. The molecule has 0 unspecified atom stereocenters. The summed E-state index contributed by atoms with van der Waals surface area (Å²) in [6, 6.07) is 9.88. The molecule has 1 N–H and O–H groups in total. The molecule has 0 fully saturated rings. The molecule has 4 nitrogen and oxygen atoms in total. The zero-order valence-corrected chi connectivity index (χ0v) is 19.1. The Balaban J connectivity index is 1.67. The Morgan fingerprint density at radius 2 is 1.86 bits per heavy atom. The van der Waals surface area contributed by atoms with Gasteiger partial charge in [0.2, 0.25) is 5.13 Å². The van der Waals surface area contributed by atoms with E-state index in [2.05, 4.69) is 61.4 Å². The molecular formula is C22H23Cl2N3OS. The van der Waals surface area contributed by atoms with Crippen LogP contribution in [0.5, 0.6) is 5.75 Å². The molecule has 3 aromatic rings. The normalized spacial score (nSPS) is 11.4. The van der Waals surface area contributed by atoms with Gasteiger partial charge < -0.3 is 4.74 Å². The van der Waals surface area contributed by atoms with E-state index in [1.54, 1.807) is 18.3 Å². The van der Waals surface area contributed by atoms with Crippen LogP contribution in [0.1, 0.15) is 30.5 Å². The molecule has 1 heterocycles. The summed E-state index contributed by atoms with van der Waals surface area (Å²) in [5.41, 5.74) is 8.27. The van der Waals surface area contributed by atoms with Gasteiger partial charge in [-0.3, -0.25) is 5.43 Å². The van der Waals surface area contributed by atoms with Crippen molar-refractivity contribution in [3.05, 3.63) is 62.4 Å². The number of halogens is 2. The fourth-order valence-electron chi connectivity index (χ4n) is 2.56. The highest BCUT2D eigenvalue weighted by atomic mass is 35.5. The Kier molecular flexibility index (Phi) is 7.17. The van der Waals surface area contributed by atoms with Crippen LogP contribution in [0.15, 0.2) is 40.8 Å². The standard InChI is InChI=1S/C22H23Cl2N3OS/c1-13(2)11-28-21-18(23)8-16(9-19(21)24)10-25-27-22-26-20(12-29-22)17-6-5-14(3)15(4)7-17/h5-10,12-13H,11H2,1-4H3,(H,26,27)/b25-10-. The average molecular weight is 448 g/mol. The molecule has 0 saturated carbocycles. The number of aromatic nitrogens is 1. The second-order valence-electron chi connectivity index (χ2n) is 7.23. The first kappa shape index (κ1) is 21.6.